The lowest BCUT2D eigenvalue weighted by molar-refractivity contribution is 0.484. The summed E-state index contributed by atoms with van der Waals surface area (Å²) in [5.74, 6) is 0.344. The minimum absolute atomic E-state index is 0.344. The first kappa shape index (κ1) is 13.4. The lowest BCUT2D eigenvalue weighted by Crippen LogP contribution is -1.86. The van der Waals surface area contributed by atoms with Crippen molar-refractivity contribution in [3.8, 4) is 16.9 Å². The van der Waals surface area contributed by atoms with Crippen LogP contribution in [0.5, 0.6) is 5.75 Å². The lowest BCUT2D eigenvalue weighted by Gasteiger charge is -2.14. The summed E-state index contributed by atoms with van der Waals surface area (Å²) >= 11 is 3.46. The molecule has 1 nitrogen and oxygen atoms in total. The Bertz CT molecular complexity index is 988. The van der Waals surface area contributed by atoms with E-state index in [0.717, 1.165) is 37.1 Å². The van der Waals surface area contributed by atoms with Crippen molar-refractivity contribution >= 4 is 37.5 Å². The van der Waals surface area contributed by atoms with E-state index < -0.39 is 0 Å². The van der Waals surface area contributed by atoms with Crippen LogP contribution in [0.1, 0.15) is 0 Å². The number of aromatic hydroxyl groups is 1. The molecular weight excluding hydrogens is 336 g/mol. The SMILES string of the molecule is Oc1c(-c2ccc(Br)cc2)c2ccccc2c2ccccc12. The van der Waals surface area contributed by atoms with Crippen LogP contribution in [0, 0.1) is 0 Å². The van der Waals surface area contributed by atoms with Crippen LogP contribution < -0.4 is 0 Å². The van der Waals surface area contributed by atoms with Gasteiger partial charge in [-0.2, -0.15) is 0 Å². The Morgan fingerprint density at radius 3 is 1.73 bits per heavy atom. The van der Waals surface area contributed by atoms with Crippen molar-refractivity contribution in [1.82, 2.24) is 0 Å². The van der Waals surface area contributed by atoms with Gasteiger partial charge in [0.05, 0.1) is 0 Å². The predicted octanol–water partition coefficient (Wildman–Crippen LogP) is 6.13. The number of hydrogen-bond donors (Lipinski definition) is 1. The highest BCUT2D eigenvalue weighted by atomic mass is 79.9. The third-order valence-corrected chi connectivity index (χ3v) is 4.57. The molecule has 0 saturated heterocycles. The molecule has 0 fully saturated rings. The average molecular weight is 349 g/mol. The van der Waals surface area contributed by atoms with Gasteiger partial charge in [-0.25, -0.2) is 0 Å². The molecule has 0 aliphatic carbocycles. The fourth-order valence-electron chi connectivity index (χ4n) is 3.03. The number of phenols is 1. The maximum absolute atomic E-state index is 10.9. The number of benzene rings is 4. The van der Waals surface area contributed by atoms with Crippen LogP contribution in [0.3, 0.4) is 0 Å². The van der Waals surface area contributed by atoms with Gasteiger partial charge in [-0.3, -0.25) is 0 Å². The van der Waals surface area contributed by atoms with Crippen molar-refractivity contribution in [2.75, 3.05) is 0 Å². The Kier molecular flexibility index (Phi) is 3.12. The highest BCUT2D eigenvalue weighted by Gasteiger charge is 2.14. The highest BCUT2D eigenvalue weighted by molar-refractivity contribution is 9.10. The third-order valence-electron chi connectivity index (χ3n) is 4.04. The summed E-state index contributed by atoms with van der Waals surface area (Å²) in [5, 5.41) is 15.1. The molecule has 1 N–H and O–H groups in total. The summed E-state index contributed by atoms with van der Waals surface area (Å²) in [5.41, 5.74) is 1.91. The van der Waals surface area contributed by atoms with E-state index in [1.807, 2.05) is 54.6 Å². The van der Waals surface area contributed by atoms with Gasteiger partial charge in [-0.05, 0) is 33.9 Å². The molecular formula is C20H13BrO. The van der Waals surface area contributed by atoms with Crippen molar-refractivity contribution in [2.45, 2.75) is 0 Å². The summed E-state index contributed by atoms with van der Waals surface area (Å²) < 4.78 is 1.03. The first-order valence-electron chi connectivity index (χ1n) is 7.14. The highest BCUT2D eigenvalue weighted by Crippen LogP contribution is 2.43. The normalized spacial score (nSPS) is 11.1. The molecule has 0 aliphatic heterocycles. The van der Waals surface area contributed by atoms with E-state index >= 15 is 0 Å². The van der Waals surface area contributed by atoms with Gasteiger partial charge in [0.1, 0.15) is 5.75 Å². The molecule has 0 aromatic heterocycles. The number of rotatable bonds is 1. The van der Waals surface area contributed by atoms with Gasteiger partial charge in [0, 0.05) is 15.4 Å². The van der Waals surface area contributed by atoms with E-state index in [1.165, 1.54) is 0 Å². The monoisotopic (exact) mass is 348 g/mol. The van der Waals surface area contributed by atoms with Gasteiger partial charge < -0.3 is 5.11 Å². The second-order valence-corrected chi connectivity index (χ2v) is 6.24. The molecule has 0 heterocycles. The molecule has 2 heteroatoms. The summed E-state index contributed by atoms with van der Waals surface area (Å²) in [6.07, 6.45) is 0. The molecule has 0 atom stereocenters. The molecule has 0 bridgehead atoms. The molecule has 106 valence electrons. The van der Waals surface area contributed by atoms with Crippen LogP contribution in [0.25, 0.3) is 32.7 Å². The molecule has 22 heavy (non-hydrogen) atoms. The maximum atomic E-state index is 10.9. The van der Waals surface area contributed by atoms with Crippen molar-refractivity contribution in [3.05, 3.63) is 77.3 Å². The second-order valence-electron chi connectivity index (χ2n) is 5.32. The molecule has 0 spiro atoms. The number of fused-ring (bicyclic) bond motifs is 3. The Hall–Kier alpha value is -2.32. The zero-order chi connectivity index (χ0) is 15.1. The Balaban J connectivity index is 2.20. The van der Waals surface area contributed by atoms with Crippen LogP contribution >= 0.6 is 15.9 Å². The molecule has 0 unspecified atom stereocenters. The Labute approximate surface area is 137 Å². The van der Waals surface area contributed by atoms with E-state index in [4.69, 9.17) is 0 Å². The first-order chi connectivity index (χ1) is 10.8. The summed E-state index contributed by atoms with van der Waals surface area (Å²) in [6, 6.07) is 24.3. The van der Waals surface area contributed by atoms with E-state index in [-0.39, 0.29) is 0 Å². The van der Waals surface area contributed by atoms with Crippen molar-refractivity contribution in [1.29, 1.82) is 0 Å². The van der Waals surface area contributed by atoms with Crippen LogP contribution in [-0.4, -0.2) is 5.11 Å². The predicted molar refractivity (Wildman–Crippen MR) is 96.3 cm³/mol. The summed E-state index contributed by atoms with van der Waals surface area (Å²) in [4.78, 5) is 0. The molecule has 0 saturated carbocycles. The van der Waals surface area contributed by atoms with Gasteiger partial charge in [0.15, 0.2) is 0 Å². The smallest absolute Gasteiger partial charge is 0.131 e. The molecule has 0 aliphatic rings. The van der Waals surface area contributed by atoms with Crippen molar-refractivity contribution in [3.63, 3.8) is 0 Å². The van der Waals surface area contributed by atoms with Crippen LogP contribution in [-0.2, 0) is 0 Å². The summed E-state index contributed by atoms with van der Waals surface area (Å²) in [6.45, 7) is 0. The topological polar surface area (TPSA) is 20.2 Å². The number of halogens is 1. The van der Waals surface area contributed by atoms with Crippen molar-refractivity contribution in [2.24, 2.45) is 0 Å². The van der Waals surface area contributed by atoms with Gasteiger partial charge in [-0.1, -0.05) is 76.6 Å². The van der Waals surface area contributed by atoms with Gasteiger partial charge in [0.25, 0.3) is 0 Å². The third kappa shape index (κ3) is 1.99. The van der Waals surface area contributed by atoms with E-state index in [0.29, 0.717) is 5.75 Å². The Morgan fingerprint density at radius 2 is 1.09 bits per heavy atom. The van der Waals surface area contributed by atoms with E-state index in [9.17, 15) is 5.11 Å². The van der Waals surface area contributed by atoms with Gasteiger partial charge in [-0.15, -0.1) is 0 Å². The van der Waals surface area contributed by atoms with Gasteiger partial charge in [0.2, 0.25) is 0 Å². The first-order valence-corrected chi connectivity index (χ1v) is 7.93. The molecule has 0 radical (unpaired) electrons. The molecule has 4 rings (SSSR count). The molecule has 0 amide bonds. The number of phenolic OH excluding ortho intramolecular Hbond substituents is 1. The Morgan fingerprint density at radius 1 is 0.591 bits per heavy atom. The zero-order valence-electron chi connectivity index (χ0n) is 11.8. The fraction of sp³-hybridized carbons (Fsp3) is 0. The maximum Gasteiger partial charge on any atom is 0.131 e. The number of hydrogen-bond acceptors (Lipinski definition) is 1. The fourth-order valence-corrected chi connectivity index (χ4v) is 3.30. The minimum Gasteiger partial charge on any atom is -0.507 e. The molecule has 4 aromatic rings. The van der Waals surface area contributed by atoms with E-state index in [2.05, 4.69) is 34.1 Å². The minimum atomic E-state index is 0.344. The van der Waals surface area contributed by atoms with Crippen molar-refractivity contribution < 1.29 is 5.11 Å². The van der Waals surface area contributed by atoms with Gasteiger partial charge >= 0.3 is 0 Å². The average Bonchev–Trinajstić information content (AvgIpc) is 2.57. The van der Waals surface area contributed by atoms with E-state index in [1.54, 1.807) is 0 Å². The lowest BCUT2D eigenvalue weighted by atomic mass is 9.92. The quantitative estimate of drug-likeness (QED) is 0.410. The second kappa shape index (κ2) is 5.15. The van der Waals surface area contributed by atoms with Crippen LogP contribution in [0.2, 0.25) is 0 Å². The summed E-state index contributed by atoms with van der Waals surface area (Å²) in [7, 11) is 0. The molecule has 4 aromatic carbocycles. The largest absolute Gasteiger partial charge is 0.507 e. The standard InChI is InChI=1S/C20H13BrO/c21-14-11-9-13(10-12-14)19-17-7-3-1-5-15(17)16-6-2-4-8-18(16)20(19)22/h1-12,22H. The van der Waals surface area contributed by atoms with Crippen LogP contribution in [0.15, 0.2) is 77.3 Å². The zero-order valence-corrected chi connectivity index (χ0v) is 13.3. The van der Waals surface area contributed by atoms with Crippen LogP contribution in [0.4, 0.5) is 0 Å².